The molecule has 1 amide bonds. The van der Waals surface area contributed by atoms with Gasteiger partial charge in [0.25, 0.3) is 0 Å². The second kappa shape index (κ2) is 9.37. The van der Waals surface area contributed by atoms with Gasteiger partial charge in [-0.1, -0.05) is 27.7 Å². The highest BCUT2D eigenvalue weighted by atomic mass is 31.2. The van der Waals surface area contributed by atoms with Gasteiger partial charge in [-0.2, -0.15) is 0 Å². The normalized spacial score (nSPS) is 11.9. The van der Waals surface area contributed by atoms with Crippen molar-refractivity contribution in [1.29, 1.82) is 0 Å². The molecule has 1 N–H and O–H groups in total. The van der Waals surface area contributed by atoms with Gasteiger partial charge in [0.2, 0.25) is 5.91 Å². The van der Waals surface area contributed by atoms with Crippen LogP contribution >= 0.6 is 7.82 Å². The number of nitrogens with one attached hydrogen (secondary N) is 1. The number of phosphoric ester groups is 1. The van der Waals surface area contributed by atoms with E-state index in [1.165, 1.54) is 6.92 Å². The highest BCUT2D eigenvalue weighted by molar-refractivity contribution is 7.48. The van der Waals surface area contributed by atoms with Crippen LogP contribution in [0, 0.1) is 0 Å². The fourth-order valence-corrected chi connectivity index (χ4v) is 3.65. The zero-order valence-electron chi connectivity index (χ0n) is 16.2. The Morgan fingerprint density at radius 1 is 1.04 bits per heavy atom. The lowest BCUT2D eigenvalue weighted by atomic mass is 9.92. The number of anilines is 1. The SMILES string of the molecule is CCOP(=O)(OCC)Oc1cc(C(C)C)c(NC(C)=O)c(C(C)C)c1. The van der Waals surface area contributed by atoms with Crippen molar-refractivity contribution in [2.75, 3.05) is 18.5 Å². The third kappa shape index (κ3) is 6.14. The Kier molecular flexibility index (Phi) is 8.13. The van der Waals surface area contributed by atoms with Gasteiger partial charge in [0.1, 0.15) is 5.75 Å². The monoisotopic (exact) mass is 371 g/mol. The first-order valence-corrected chi connectivity index (χ1v) is 10.1. The average Bonchev–Trinajstić information content (AvgIpc) is 2.47. The molecule has 0 aliphatic rings. The first-order chi connectivity index (χ1) is 11.6. The third-order valence-electron chi connectivity index (χ3n) is 3.51. The Balaban J connectivity index is 3.42. The molecule has 0 spiro atoms. The van der Waals surface area contributed by atoms with Crippen LogP contribution in [0.25, 0.3) is 0 Å². The van der Waals surface area contributed by atoms with E-state index < -0.39 is 7.82 Å². The molecular weight excluding hydrogens is 341 g/mol. The van der Waals surface area contributed by atoms with E-state index >= 15 is 0 Å². The molecule has 7 heteroatoms. The number of hydrogen-bond acceptors (Lipinski definition) is 5. The molecule has 0 saturated carbocycles. The number of hydrogen-bond donors (Lipinski definition) is 1. The van der Waals surface area contributed by atoms with Crippen molar-refractivity contribution in [3.8, 4) is 5.75 Å². The van der Waals surface area contributed by atoms with Crippen molar-refractivity contribution in [2.45, 2.75) is 60.3 Å². The van der Waals surface area contributed by atoms with Gasteiger partial charge in [-0.25, -0.2) is 4.57 Å². The minimum Gasteiger partial charge on any atom is -0.404 e. The Hall–Kier alpha value is -1.36. The maximum Gasteiger partial charge on any atom is 0.530 e. The Morgan fingerprint density at radius 3 is 1.80 bits per heavy atom. The number of rotatable bonds is 9. The summed E-state index contributed by atoms with van der Waals surface area (Å²) >= 11 is 0. The molecule has 1 rings (SSSR count). The minimum absolute atomic E-state index is 0.133. The molecule has 0 radical (unpaired) electrons. The van der Waals surface area contributed by atoms with Gasteiger partial charge < -0.3 is 9.84 Å². The van der Waals surface area contributed by atoms with E-state index in [1.807, 2.05) is 27.7 Å². The van der Waals surface area contributed by atoms with Crippen LogP contribution in [-0.4, -0.2) is 19.1 Å². The standard InChI is InChI=1S/C18H30NO5P/c1-8-22-25(21,23-9-2)24-15-10-16(12(3)4)18(19-14(7)20)17(11-15)13(5)6/h10-13H,8-9H2,1-7H3,(H,19,20). The lowest BCUT2D eigenvalue weighted by Crippen LogP contribution is -2.13. The molecule has 0 aromatic heterocycles. The number of carbonyl (C=O) groups excluding carboxylic acids is 1. The number of phosphoric acid groups is 1. The Labute approximate surface area is 150 Å². The number of carbonyl (C=O) groups is 1. The van der Waals surface area contributed by atoms with Crippen LogP contribution in [0.4, 0.5) is 5.69 Å². The van der Waals surface area contributed by atoms with Gasteiger partial charge in [-0.15, -0.1) is 0 Å². The predicted molar refractivity (Wildman–Crippen MR) is 100 cm³/mol. The molecule has 1 aromatic carbocycles. The van der Waals surface area contributed by atoms with Crippen molar-refractivity contribution in [3.05, 3.63) is 23.3 Å². The molecule has 0 saturated heterocycles. The highest BCUT2D eigenvalue weighted by Gasteiger charge is 2.28. The van der Waals surface area contributed by atoms with Gasteiger partial charge in [0.05, 0.1) is 13.2 Å². The summed E-state index contributed by atoms with van der Waals surface area (Å²) in [6, 6.07) is 3.57. The summed E-state index contributed by atoms with van der Waals surface area (Å²) in [5.41, 5.74) is 2.61. The Morgan fingerprint density at radius 2 is 1.48 bits per heavy atom. The molecule has 142 valence electrons. The highest BCUT2D eigenvalue weighted by Crippen LogP contribution is 2.50. The summed E-state index contributed by atoms with van der Waals surface area (Å²) in [6.07, 6.45) is 0. The minimum atomic E-state index is -3.67. The molecule has 0 bridgehead atoms. The topological polar surface area (TPSA) is 73.9 Å². The number of amides is 1. The van der Waals surface area contributed by atoms with E-state index in [-0.39, 0.29) is 31.0 Å². The number of benzene rings is 1. The second-order valence-corrected chi connectivity index (χ2v) is 7.93. The first kappa shape index (κ1) is 21.7. The lowest BCUT2D eigenvalue weighted by Gasteiger charge is -2.23. The van der Waals surface area contributed by atoms with Crippen LogP contribution in [0.1, 0.15) is 71.4 Å². The van der Waals surface area contributed by atoms with Gasteiger partial charge in [0, 0.05) is 12.6 Å². The van der Waals surface area contributed by atoms with Crippen molar-refractivity contribution < 1.29 is 22.9 Å². The van der Waals surface area contributed by atoms with E-state index in [1.54, 1.807) is 26.0 Å². The van der Waals surface area contributed by atoms with Crippen molar-refractivity contribution in [1.82, 2.24) is 0 Å². The van der Waals surface area contributed by atoms with E-state index in [0.29, 0.717) is 5.75 Å². The summed E-state index contributed by atoms with van der Waals surface area (Å²) in [7, 11) is -3.67. The summed E-state index contributed by atoms with van der Waals surface area (Å²) < 4.78 is 28.7. The van der Waals surface area contributed by atoms with Crippen LogP contribution in [-0.2, 0) is 18.4 Å². The maximum atomic E-state index is 12.7. The zero-order valence-corrected chi connectivity index (χ0v) is 17.1. The molecule has 6 nitrogen and oxygen atoms in total. The van der Waals surface area contributed by atoms with E-state index in [2.05, 4.69) is 5.32 Å². The molecular formula is C18H30NO5P. The summed E-state index contributed by atoms with van der Waals surface area (Å²) in [6.45, 7) is 13.5. The molecule has 0 aliphatic heterocycles. The van der Waals surface area contributed by atoms with Crippen LogP contribution < -0.4 is 9.84 Å². The van der Waals surface area contributed by atoms with Gasteiger partial charge >= 0.3 is 7.82 Å². The van der Waals surface area contributed by atoms with E-state index in [4.69, 9.17) is 13.6 Å². The molecule has 0 aliphatic carbocycles. The van der Waals surface area contributed by atoms with Gasteiger partial charge in [0.15, 0.2) is 0 Å². The first-order valence-electron chi connectivity index (χ1n) is 8.67. The quantitative estimate of drug-likeness (QED) is 0.584. The van der Waals surface area contributed by atoms with Crippen LogP contribution in [0.5, 0.6) is 5.75 Å². The molecule has 0 fully saturated rings. The molecule has 25 heavy (non-hydrogen) atoms. The fourth-order valence-electron chi connectivity index (χ4n) is 2.48. The van der Waals surface area contributed by atoms with Crippen LogP contribution in [0.15, 0.2) is 12.1 Å². The Bertz CT molecular complexity index is 603. The molecule has 0 atom stereocenters. The third-order valence-corrected chi connectivity index (χ3v) is 5.09. The van der Waals surface area contributed by atoms with Crippen LogP contribution in [0.3, 0.4) is 0 Å². The smallest absolute Gasteiger partial charge is 0.404 e. The van der Waals surface area contributed by atoms with E-state index in [0.717, 1.165) is 16.8 Å². The molecule has 1 aromatic rings. The maximum absolute atomic E-state index is 12.7. The van der Waals surface area contributed by atoms with Crippen molar-refractivity contribution in [3.63, 3.8) is 0 Å². The molecule has 0 unspecified atom stereocenters. The average molecular weight is 371 g/mol. The van der Waals surface area contributed by atoms with Gasteiger partial charge in [-0.3, -0.25) is 13.8 Å². The molecule has 0 heterocycles. The fraction of sp³-hybridized carbons (Fsp3) is 0.611. The second-order valence-electron chi connectivity index (χ2n) is 6.34. The van der Waals surface area contributed by atoms with Gasteiger partial charge in [-0.05, 0) is 48.9 Å². The summed E-state index contributed by atoms with van der Waals surface area (Å²) in [4.78, 5) is 11.6. The lowest BCUT2D eigenvalue weighted by molar-refractivity contribution is -0.114. The summed E-state index contributed by atoms with van der Waals surface area (Å²) in [5.74, 6) is 0.557. The largest absolute Gasteiger partial charge is 0.530 e. The summed E-state index contributed by atoms with van der Waals surface area (Å²) in [5, 5.41) is 2.92. The predicted octanol–water partition coefficient (Wildman–Crippen LogP) is 5.45. The van der Waals surface area contributed by atoms with E-state index in [9.17, 15) is 9.36 Å². The van der Waals surface area contributed by atoms with Crippen molar-refractivity contribution in [2.24, 2.45) is 0 Å². The van der Waals surface area contributed by atoms with Crippen LogP contribution in [0.2, 0.25) is 0 Å². The zero-order chi connectivity index (χ0) is 19.2. The van der Waals surface area contributed by atoms with Crippen molar-refractivity contribution >= 4 is 19.4 Å².